The Morgan fingerprint density at radius 3 is 2.00 bits per heavy atom. The standard InChI is InChI=1S/C10H20NS/c1-3-5-7-10(11-9-12)8-6-4-2/h10H,3-8H2,1-2H3,(H,11,12). The molecule has 0 aromatic heterocycles. The Labute approximate surface area is 81.9 Å². The predicted octanol–water partition coefficient (Wildman–Crippen LogP) is 3.16. The van der Waals surface area contributed by atoms with Crippen molar-refractivity contribution in [2.45, 2.75) is 58.4 Å². The van der Waals surface area contributed by atoms with Gasteiger partial charge >= 0.3 is 0 Å². The van der Waals surface area contributed by atoms with E-state index in [9.17, 15) is 0 Å². The van der Waals surface area contributed by atoms with E-state index in [1.807, 2.05) is 0 Å². The molecule has 0 bridgehead atoms. The Kier molecular flexibility index (Phi) is 8.90. The van der Waals surface area contributed by atoms with Crippen molar-refractivity contribution < 1.29 is 0 Å². The maximum atomic E-state index is 4.67. The van der Waals surface area contributed by atoms with Gasteiger partial charge in [-0.3, -0.25) is 0 Å². The van der Waals surface area contributed by atoms with E-state index < -0.39 is 0 Å². The molecule has 0 aliphatic carbocycles. The third kappa shape index (κ3) is 6.59. The molecule has 0 saturated carbocycles. The van der Waals surface area contributed by atoms with Crippen molar-refractivity contribution in [2.75, 3.05) is 0 Å². The summed E-state index contributed by atoms with van der Waals surface area (Å²) in [4.78, 5) is 0. The van der Waals surface area contributed by atoms with Gasteiger partial charge in [0.15, 0.2) is 0 Å². The van der Waals surface area contributed by atoms with Crippen molar-refractivity contribution in [1.82, 2.24) is 5.32 Å². The smallest absolute Gasteiger partial charge is 0.134 e. The van der Waals surface area contributed by atoms with E-state index in [4.69, 9.17) is 0 Å². The maximum Gasteiger partial charge on any atom is 0.134 e. The van der Waals surface area contributed by atoms with Crippen molar-refractivity contribution in [3.05, 3.63) is 0 Å². The van der Waals surface area contributed by atoms with Crippen LogP contribution in [0.3, 0.4) is 0 Å². The van der Waals surface area contributed by atoms with Crippen LogP contribution < -0.4 is 5.32 Å². The van der Waals surface area contributed by atoms with Crippen molar-refractivity contribution in [1.29, 1.82) is 0 Å². The number of hydrogen-bond acceptors (Lipinski definition) is 1. The first kappa shape index (κ1) is 11.9. The van der Waals surface area contributed by atoms with Crippen LogP contribution in [0.2, 0.25) is 0 Å². The molecule has 1 radical (unpaired) electrons. The fraction of sp³-hybridized carbons (Fsp3) is 0.900. The Hall–Kier alpha value is -0.110. The van der Waals surface area contributed by atoms with E-state index in [-0.39, 0.29) is 0 Å². The van der Waals surface area contributed by atoms with E-state index >= 15 is 0 Å². The molecule has 12 heavy (non-hydrogen) atoms. The van der Waals surface area contributed by atoms with E-state index in [0.717, 1.165) is 0 Å². The monoisotopic (exact) mass is 186 g/mol. The van der Waals surface area contributed by atoms with Gasteiger partial charge in [0.1, 0.15) is 5.49 Å². The van der Waals surface area contributed by atoms with Gasteiger partial charge in [0, 0.05) is 6.04 Å². The first-order chi connectivity index (χ1) is 5.85. The summed E-state index contributed by atoms with van der Waals surface area (Å²) < 4.78 is 0. The summed E-state index contributed by atoms with van der Waals surface area (Å²) in [6, 6.07) is 0.572. The van der Waals surface area contributed by atoms with Gasteiger partial charge in [-0.15, -0.1) is 0 Å². The van der Waals surface area contributed by atoms with Gasteiger partial charge in [0.25, 0.3) is 0 Å². The molecule has 0 aromatic rings. The van der Waals surface area contributed by atoms with Crippen LogP contribution in [0.15, 0.2) is 0 Å². The van der Waals surface area contributed by atoms with Gasteiger partial charge in [-0.1, -0.05) is 51.7 Å². The summed E-state index contributed by atoms with van der Waals surface area (Å²) in [5.74, 6) is 0. The highest BCUT2D eigenvalue weighted by atomic mass is 32.1. The lowest BCUT2D eigenvalue weighted by atomic mass is 10.0. The molecule has 0 spiro atoms. The highest BCUT2D eigenvalue weighted by molar-refractivity contribution is 7.78. The highest BCUT2D eigenvalue weighted by Gasteiger charge is 2.04. The fourth-order valence-corrected chi connectivity index (χ4v) is 1.44. The number of thiocarbonyl (C=S) groups is 1. The Morgan fingerprint density at radius 2 is 1.67 bits per heavy atom. The van der Waals surface area contributed by atoms with Gasteiger partial charge < -0.3 is 5.32 Å². The Morgan fingerprint density at radius 1 is 1.17 bits per heavy atom. The van der Waals surface area contributed by atoms with Crippen LogP contribution in [0.1, 0.15) is 52.4 Å². The number of hydrogen-bond donors (Lipinski definition) is 1. The zero-order chi connectivity index (χ0) is 9.23. The van der Waals surface area contributed by atoms with Crippen molar-refractivity contribution in [2.24, 2.45) is 0 Å². The van der Waals surface area contributed by atoms with Crippen LogP contribution in [-0.4, -0.2) is 11.5 Å². The second-order valence-corrected chi connectivity index (χ2v) is 3.43. The van der Waals surface area contributed by atoms with E-state index in [1.54, 1.807) is 0 Å². The van der Waals surface area contributed by atoms with Gasteiger partial charge in [0.2, 0.25) is 0 Å². The third-order valence-electron chi connectivity index (χ3n) is 2.08. The molecule has 0 unspecified atom stereocenters. The zero-order valence-corrected chi connectivity index (χ0v) is 9.04. The SMILES string of the molecule is CCCCC(CCCC)N[C]=S. The average molecular weight is 186 g/mol. The number of unbranched alkanes of at least 4 members (excludes halogenated alkanes) is 2. The van der Waals surface area contributed by atoms with Crippen LogP contribution in [0.5, 0.6) is 0 Å². The van der Waals surface area contributed by atoms with Crippen LogP contribution in [0.25, 0.3) is 0 Å². The molecule has 0 heterocycles. The molecule has 0 aliphatic rings. The Balaban J connectivity index is 3.46. The molecule has 0 fully saturated rings. The van der Waals surface area contributed by atoms with Crippen LogP contribution in [0, 0.1) is 0 Å². The van der Waals surface area contributed by atoms with E-state index in [1.165, 1.54) is 38.5 Å². The first-order valence-electron chi connectivity index (χ1n) is 4.97. The third-order valence-corrected chi connectivity index (χ3v) is 2.19. The van der Waals surface area contributed by atoms with Crippen LogP contribution in [0.4, 0.5) is 0 Å². The van der Waals surface area contributed by atoms with Gasteiger partial charge in [-0.05, 0) is 12.8 Å². The molecular weight excluding hydrogens is 166 g/mol. The molecular formula is C10H20NS. The molecule has 0 aromatic carbocycles. The minimum atomic E-state index is 0.572. The first-order valence-corrected chi connectivity index (χ1v) is 5.38. The number of rotatable bonds is 8. The topological polar surface area (TPSA) is 12.0 Å². The lowest BCUT2D eigenvalue weighted by molar-refractivity contribution is 0.487. The van der Waals surface area contributed by atoms with E-state index in [0.29, 0.717) is 6.04 Å². The summed E-state index contributed by atoms with van der Waals surface area (Å²) in [7, 11) is 0. The molecule has 0 amide bonds. The second-order valence-electron chi connectivity index (χ2n) is 3.23. The predicted molar refractivity (Wildman–Crippen MR) is 58.6 cm³/mol. The minimum Gasteiger partial charge on any atom is -0.371 e. The van der Waals surface area contributed by atoms with E-state index in [2.05, 4.69) is 36.9 Å². The highest BCUT2D eigenvalue weighted by Crippen LogP contribution is 2.07. The molecule has 71 valence electrons. The lowest BCUT2D eigenvalue weighted by Crippen LogP contribution is -2.26. The molecule has 1 N–H and O–H groups in total. The zero-order valence-electron chi connectivity index (χ0n) is 8.23. The number of nitrogens with one attached hydrogen (secondary N) is 1. The quantitative estimate of drug-likeness (QED) is 0.461. The summed E-state index contributed by atoms with van der Waals surface area (Å²) in [5, 5.41) is 3.12. The van der Waals surface area contributed by atoms with Gasteiger partial charge in [0.05, 0.1) is 0 Å². The molecule has 0 rings (SSSR count). The summed E-state index contributed by atoms with van der Waals surface area (Å²) in [6.07, 6.45) is 7.58. The molecule has 0 saturated heterocycles. The largest absolute Gasteiger partial charge is 0.371 e. The molecule has 0 aliphatic heterocycles. The van der Waals surface area contributed by atoms with Gasteiger partial charge in [-0.2, -0.15) is 0 Å². The maximum absolute atomic E-state index is 4.67. The Bertz CT molecular complexity index is 96.0. The summed E-state index contributed by atoms with van der Waals surface area (Å²) in [5.41, 5.74) is 2.62. The van der Waals surface area contributed by atoms with Crippen molar-refractivity contribution in [3.63, 3.8) is 0 Å². The summed E-state index contributed by atoms with van der Waals surface area (Å²) >= 11 is 4.67. The molecule has 1 nitrogen and oxygen atoms in total. The lowest BCUT2D eigenvalue weighted by Gasteiger charge is -2.14. The summed E-state index contributed by atoms with van der Waals surface area (Å²) in [6.45, 7) is 4.44. The van der Waals surface area contributed by atoms with Gasteiger partial charge in [-0.25, -0.2) is 0 Å². The van der Waals surface area contributed by atoms with Crippen LogP contribution in [-0.2, 0) is 0 Å². The average Bonchev–Trinajstić information content (AvgIpc) is 2.10. The molecule has 0 atom stereocenters. The minimum absolute atomic E-state index is 0.572. The normalized spacial score (nSPS) is 10.2. The van der Waals surface area contributed by atoms with Crippen molar-refractivity contribution in [3.8, 4) is 0 Å². The van der Waals surface area contributed by atoms with Crippen molar-refractivity contribution >= 4 is 17.7 Å². The molecule has 2 heteroatoms. The fourth-order valence-electron chi connectivity index (χ4n) is 1.27. The second kappa shape index (κ2) is 8.98. The van der Waals surface area contributed by atoms with Crippen LogP contribution >= 0.6 is 12.2 Å².